The Morgan fingerprint density at radius 3 is 2.74 bits per heavy atom. The Bertz CT molecular complexity index is 578. The van der Waals surface area contributed by atoms with E-state index in [0.717, 1.165) is 0 Å². The fourth-order valence-electron chi connectivity index (χ4n) is 1.81. The van der Waals surface area contributed by atoms with Crippen LogP contribution in [-0.4, -0.2) is 4.98 Å². The summed E-state index contributed by atoms with van der Waals surface area (Å²) in [7, 11) is 0. The first-order valence-corrected chi connectivity index (χ1v) is 6.00. The Labute approximate surface area is 114 Å². The molecule has 0 aliphatic heterocycles. The molecule has 0 saturated carbocycles. The number of nitrogens with zero attached hydrogens (tertiary/aromatic N) is 1. The first-order chi connectivity index (χ1) is 9.13. The standard InChI is InChI=1S/C13H12ClF2N3/c14-9-4-1-3-8(12(9)16)7-11(19-17)13-10(15)5-2-6-18-13/h1-6,11,19H,7,17H2. The van der Waals surface area contributed by atoms with E-state index in [2.05, 4.69) is 10.4 Å². The van der Waals surface area contributed by atoms with Crippen LogP contribution in [0.1, 0.15) is 17.3 Å². The smallest absolute Gasteiger partial charge is 0.146 e. The summed E-state index contributed by atoms with van der Waals surface area (Å²) in [5, 5.41) is 0.0229. The van der Waals surface area contributed by atoms with Crippen molar-refractivity contribution in [3.63, 3.8) is 0 Å². The molecule has 0 aliphatic carbocycles. The van der Waals surface area contributed by atoms with Gasteiger partial charge in [-0.2, -0.15) is 0 Å². The number of pyridine rings is 1. The van der Waals surface area contributed by atoms with E-state index in [9.17, 15) is 8.78 Å². The number of nitrogens with one attached hydrogen (secondary N) is 1. The molecule has 0 radical (unpaired) electrons. The first kappa shape index (κ1) is 13.9. The molecule has 6 heteroatoms. The van der Waals surface area contributed by atoms with E-state index in [1.54, 1.807) is 12.1 Å². The van der Waals surface area contributed by atoms with Crippen LogP contribution in [0.2, 0.25) is 5.02 Å². The lowest BCUT2D eigenvalue weighted by atomic mass is 10.0. The van der Waals surface area contributed by atoms with Gasteiger partial charge in [0.2, 0.25) is 0 Å². The normalized spacial score (nSPS) is 12.4. The van der Waals surface area contributed by atoms with E-state index in [4.69, 9.17) is 17.4 Å². The van der Waals surface area contributed by atoms with Crippen LogP contribution in [-0.2, 0) is 6.42 Å². The largest absolute Gasteiger partial charge is 0.271 e. The minimum atomic E-state index is -0.630. The van der Waals surface area contributed by atoms with E-state index >= 15 is 0 Å². The van der Waals surface area contributed by atoms with Crippen molar-refractivity contribution in [2.24, 2.45) is 5.84 Å². The molecule has 3 N–H and O–H groups in total. The molecule has 19 heavy (non-hydrogen) atoms. The Morgan fingerprint density at radius 2 is 2.05 bits per heavy atom. The third-order valence-corrected chi connectivity index (χ3v) is 3.07. The second kappa shape index (κ2) is 6.06. The van der Waals surface area contributed by atoms with Gasteiger partial charge < -0.3 is 0 Å². The van der Waals surface area contributed by atoms with Crippen molar-refractivity contribution in [3.8, 4) is 0 Å². The van der Waals surface area contributed by atoms with Gasteiger partial charge in [0.1, 0.15) is 11.6 Å². The highest BCUT2D eigenvalue weighted by atomic mass is 35.5. The lowest BCUT2D eigenvalue weighted by molar-refractivity contribution is 0.485. The number of aromatic nitrogens is 1. The number of rotatable bonds is 4. The van der Waals surface area contributed by atoms with Gasteiger partial charge in [0, 0.05) is 6.20 Å². The maximum atomic E-state index is 13.8. The molecule has 1 atom stereocenters. The van der Waals surface area contributed by atoms with Gasteiger partial charge in [-0.1, -0.05) is 23.7 Å². The third-order valence-electron chi connectivity index (χ3n) is 2.77. The molecule has 2 aromatic rings. The Kier molecular flexibility index (Phi) is 4.42. The molecular weight excluding hydrogens is 272 g/mol. The van der Waals surface area contributed by atoms with Crippen molar-refractivity contribution >= 4 is 11.6 Å². The molecular formula is C13H12ClF2N3. The van der Waals surface area contributed by atoms with E-state index in [1.807, 2.05) is 0 Å². The highest BCUT2D eigenvalue weighted by molar-refractivity contribution is 6.30. The predicted octanol–water partition coefficient (Wildman–Crippen LogP) is 2.76. The van der Waals surface area contributed by atoms with Crippen molar-refractivity contribution in [1.82, 2.24) is 10.4 Å². The molecule has 0 bridgehead atoms. The molecule has 0 saturated heterocycles. The Morgan fingerprint density at radius 1 is 1.26 bits per heavy atom. The summed E-state index contributed by atoms with van der Waals surface area (Å²) in [6.45, 7) is 0. The topological polar surface area (TPSA) is 50.9 Å². The number of halogens is 3. The molecule has 3 nitrogen and oxygen atoms in total. The van der Waals surface area contributed by atoms with Gasteiger partial charge >= 0.3 is 0 Å². The van der Waals surface area contributed by atoms with Crippen molar-refractivity contribution in [1.29, 1.82) is 0 Å². The zero-order chi connectivity index (χ0) is 13.8. The maximum absolute atomic E-state index is 13.8. The van der Waals surface area contributed by atoms with Crippen LogP contribution in [0, 0.1) is 11.6 Å². The molecule has 1 aromatic carbocycles. The molecule has 100 valence electrons. The minimum absolute atomic E-state index is 0.0229. The number of nitrogens with two attached hydrogens (primary N) is 1. The van der Waals surface area contributed by atoms with E-state index < -0.39 is 17.7 Å². The van der Waals surface area contributed by atoms with Gasteiger partial charge in [-0.3, -0.25) is 16.3 Å². The van der Waals surface area contributed by atoms with Gasteiger partial charge in [-0.05, 0) is 30.2 Å². The second-order valence-corrected chi connectivity index (χ2v) is 4.41. The highest BCUT2D eigenvalue weighted by Gasteiger charge is 2.18. The quantitative estimate of drug-likeness (QED) is 0.670. The fraction of sp³-hybridized carbons (Fsp3) is 0.154. The average molecular weight is 284 g/mol. The van der Waals surface area contributed by atoms with E-state index in [1.165, 1.54) is 24.4 Å². The second-order valence-electron chi connectivity index (χ2n) is 4.01. The highest BCUT2D eigenvalue weighted by Crippen LogP contribution is 2.23. The summed E-state index contributed by atoms with van der Waals surface area (Å²) in [5.74, 6) is 4.38. The van der Waals surface area contributed by atoms with Crippen LogP contribution in [0.4, 0.5) is 8.78 Å². The minimum Gasteiger partial charge on any atom is -0.271 e. The van der Waals surface area contributed by atoms with Crippen molar-refractivity contribution < 1.29 is 8.78 Å². The summed E-state index contributed by atoms with van der Waals surface area (Å²) in [5.41, 5.74) is 2.93. The Hall–Kier alpha value is -1.56. The first-order valence-electron chi connectivity index (χ1n) is 5.63. The lowest BCUT2D eigenvalue weighted by Crippen LogP contribution is -2.31. The Balaban J connectivity index is 2.30. The van der Waals surface area contributed by atoms with Crippen LogP contribution >= 0.6 is 11.6 Å². The number of benzene rings is 1. The monoisotopic (exact) mass is 283 g/mol. The summed E-state index contributed by atoms with van der Waals surface area (Å²) < 4.78 is 27.4. The molecule has 0 amide bonds. The molecule has 2 rings (SSSR count). The third kappa shape index (κ3) is 3.07. The summed E-state index contributed by atoms with van der Waals surface area (Å²) >= 11 is 5.70. The fourth-order valence-corrected chi connectivity index (χ4v) is 2.01. The molecule has 1 aromatic heterocycles. The van der Waals surface area contributed by atoms with Gasteiger partial charge in [-0.15, -0.1) is 0 Å². The molecule has 0 spiro atoms. The molecule has 0 aliphatic rings. The van der Waals surface area contributed by atoms with E-state index in [0.29, 0.717) is 5.56 Å². The summed E-state index contributed by atoms with van der Waals surface area (Å²) in [6, 6.07) is 6.78. The summed E-state index contributed by atoms with van der Waals surface area (Å²) in [4.78, 5) is 3.92. The van der Waals surface area contributed by atoms with Gasteiger partial charge in [0.05, 0.1) is 16.8 Å². The zero-order valence-corrected chi connectivity index (χ0v) is 10.7. The number of hydrogen-bond donors (Lipinski definition) is 2. The maximum Gasteiger partial charge on any atom is 0.146 e. The molecule has 1 heterocycles. The summed E-state index contributed by atoms with van der Waals surface area (Å²) in [6.07, 6.45) is 1.61. The SMILES string of the molecule is NNC(Cc1cccc(Cl)c1F)c1ncccc1F. The van der Waals surface area contributed by atoms with Gasteiger partial charge in [0.25, 0.3) is 0 Å². The van der Waals surface area contributed by atoms with E-state index in [-0.39, 0.29) is 17.1 Å². The van der Waals surface area contributed by atoms with Crippen LogP contribution in [0.3, 0.4) is 0 Å². The van der Waals surface area contributed by atoms with Crippen LogP contribution in [0.5, 0.6) is 0 Å². The van der Waals surface area contributed by atoms with Crippen LogP contribution < -0.4 is 11.3 Å². The average Bonchev–Trinajstić information content (AvgIpc) is 2.41. The van der Waals surface area contributed by atoms with Gasteiger partial charge in [0.15, 0.2) is 0 Å². The van der Waals surface area contributed by atoms with Crippen molar-refractivity contribution in [2.45, 2.75) is 12.5 Å². The van der Waals surface area contributed by atoms with Crippen LogP contribution in [0.15, 0.2) is 36.5 Å². The number of hydrogen-bond acceptors (Lipinski definition) is 3. The molecule has 0 fully saturated rings. The van der Waals surface area contributed by atoms with Gasteiger partial charge in [-0.25, -0.2) is 8.78 Å². The zero-order valence-electron chi connectivity index (χ0n) is 9.91. The van der Waals surface area contributed by atoms with Crippen molar-refractivity contribution in [2.75, 3.05) is 0 Å². The number of hydrazine groups is 1. The predicted molar refractivity (Wildman–Crippen MR) is 69.4 cm³/mol. The van der Waals surface area contributed by atoms with Crippen molar-refractivity contribution in [3.05, 3.63) is 64.4 Å². The molecule has 1 unspecified atom stereocenters. The van der Waals surface area contributed by atoms with Crippen LogP contribution in [0.25, 0.3) is 0 Å². The lowest BCUT2D eigenvalue weighted by Gasteiger charge is -2.16.